The number of hydrogen-bond acceptors (Lipinski definition) is 4. The Hall–Kier alpha value is -3.12. The molecule has 0 fully saturated rings. The summed E-state index contributed by atoms with van der Waals surface area (Å²) in [5, 5.41) is 6.46. The fourth-order valence-corrected chi connectivity index (χ4v) is 3.35. The van der Waals surface area contributed by atoms with Crippen molar-refractivity contribution in [1.29, 1.82) is 0 Å². The minimum absolute atomic E-state index is 0.154. The number of carbonyl (C=O) groups is 2. The summed E-state index contributed by atoms with van der Waals surface area (Å²) < 4.78 is 0. The lowest BCUT2D eigenvalue weighted by molar-refractivity contribution is 0.0941. The average Bonchev–Trinajstić information content (AvgIpc) is 2.74. The predicted octanol–water partition coefficient (Wildman–Crippen LogP) is 4.55. The van der Waals surface area contributed by atoms with E-state index in [1.807, 2.05) is 43.5 Å². The normalized spacial score (nSPS) is 11.5. The van der Waals surface area contributed by atoms with E-state index in [1.165, 1.54) is 11.8 Å². The van der Waals surface area contributed by atoms with Gasteiger partial charge in [-0.1, -0.05) is 42.5 Å². The van der Waals surface area contributed by atoms with E-state index >= 15 is 0 Å². The molecule has 3 rings (SSSR count). The molecule has 2 N–H and O–H groups in total. The van der Waals surface area contributed by atoms with Gasteiger partial charge in [-0.25, -0.2) is 4.98 Å². The Bertz CT molecular complexity index is 976. The van der Waals surface area contributed by atoms with E-state index in [-0.39, 0.29) is 17.9 Å². The quantitative estimate of drug-likeness (QED) is 0.605. The Kier molecular flexibility index (Phi) is 6.45. The molecule has 3 aromatic rings. The molecule has 0 bridgehead atoms. The van der Waals surface area contributed by atoms with E-state index in [0.717, 1.165) is 5.56 Å². The third-order valence-electron chi connectivity index (χ3n) is 4.28. The molecule has 142 valence electrons. The van der Waals surface area contributed by atoms with Gasteiger partial charge >= 0.3 is 0 Å². The van der Waals surface area contributed by atoms with Crippen LogP contribution in [0.2, 0.25) is 0 Å². The molecule has 0 radical (unpaired) electrons. The summed E-state index contributed by atoms with van der Waals surface area (Å²) >= 11 is 1.40. The van der Waals surface area contributed by atoms with Gasteiger partial charge in [0.25, 0.3) is 11.8 Å². The first-order valence-electron chi connectivity index (χ1n) is 8.85. The molecule has 5 nitrogen and oxygen atoms in total. The van der Waals surface area contributed by atoms with Crippen molar-refractivity contribution in [2.75, 3.05) is 11.6 Å². The maximum absolute atomic E-state index is 12.8. The number of rotatable bonds is 6. The van der Waals surface area contributed by atoms with Crippen LogP contribution < -0.4 is 10.6 Å². The summed E-state index contributed by atoms with van der Waals surface area (Å²) in [4.78, 5) is 29.7. The molecule has 1 atom stereocenters. The molecule has 0 unspecified atom stereocenters. The lowest BCUT2D eigenvalue weighted by atomic mass is 10.1. The Morgan fingerprint density at radius 3 is 2.32 bits per heavy atom. The second-order valence-electron chi connectivity index (χ2n) is 6.17. The fraction of sp³-hybridized carbons (Fsp3) is 0.136. The fourth-order valence-electron chi connectivity index (χ4n) is 2.81. The topological polar surface area (TPSA) is 71.1 Å². The van der Waals surface area contributed by atoms with Crippen LogP contribution in [0.1, 0.15) is 39.2 Å². The van der Waals surface area contributed by atoms with E-state index < -0.39 is 0 Å². The largest absolute Gasteiger partial charge is 0.345 e. The molecule has 0 aliphatic heterocycles. The van der Waals surface area contributed by atoms with Gasteiger partial charge in [0, 0.05) is 6.20 Å². The van der Waals surface area contributed by atoms with Crippen LogP contribution >= 0.6 is 11.8 Å². The zero-order valence-electron chi connectivity index (χ0n) is 15.7. The molecule has 28 heavy (non-hydrogen) atoms. The Balaban J connectivity index is 1.79. The minimum atomic E-state index is -0.297. The van der Waals surface area contributed by atoms with Crippen molar-refractivity contribution in [3.05, 3.63) is 89.6 Å². The number of carbonyl (C=O) groups excluding carboxylic acids is 2. The van der Waals surface area contributed by atoms with E-state index in [9.17, 15) is 9.59 Å². The highest BCUT2D eigenvalue weighted by atomic mass is 32.2. The predicted molar refractivity (Wildman–Crippen MR) is 113 cm³/mol. The number of hydrogen-bond donors (Lipinski definition) is 2. The second-order valence-corrected chi connectivity index (χ2v) is 6.96. The molecule has 0 spiro atoms. The number of para-hydroxylation sites is 1. The molecule has 2 aromatic carbocycles. The van der Waals surface area contributed by atoms with Gasteiger partial charge in [0.05, 0.1) is 22.9 Å². The molecule has 0 aliphatic carbocycles. The molecule has 2 amide bonds. The highest BCUT2D eigenvalue weighted by molar-refractivity contribution is 7.98. The summed E-state index contributed by atoms with van der Waals surface area (Å²) in [6, 6.07) is 20.0. The molecule has 1 heterocycles. The SMILES string of the molecule is CSc1ncccc1C(=O)Nc1ccccc1C(=O)N[C@H](C)c1ccccc1. The first kappa shape index (κ1) is 19.6. The van der Waals surface area contributed by atoms with Crippen LogP contribution in [0.3, 0.4) is 0 Å². The van der Waals surface area contributed by atoms with Gasteiger partial charge in [-0.05, 0) is 43.0 Å². The molecule has 0 saturated heterocycles. The smallest absolute Gasteiger partial charge is 0.258 e. The maximum atomic E-state index is 12.8. The third-order valence-corrected chi connectivity index (χ3v) is 4.99. The number of benzene rings is 2. The number of anilines is 1. The van der Waals surface area contributed by atoms with Gasteiger partial charge in [-0.3, -0.25) is 9.59 Å². The second kappa shape index (κ2) is 9.19. The van der Waals surface area contributed by atoms with Crippen molar-refractivity contribution in [1.82, 2.24) is 10.3 Å². The first-order valence-corrected chi connectivity index (χ1v) is 10.1. The summed E-state index contributed by atoms with van der Waals surface area (Å²) in [5.74, 6) is -0.544. The van der Waals surface area contributed by atoms with Crippen LogP contribution in [-0.2, 0) is 0 Å². The number of nitrogens with zero attached hydrogens (tertiary/aromatic N) is 1. The van der Waals surface area contributed by atoms with E-state index in [1.54, 1.807) is 42.6 Å². The summed E-state index contributed by atoms with van der Waals surface area (Å²) in [6.07, 6.45) is 3.51. The number of amides is 2. The number of aromatic nitrogens is 1. The van der Waals surface area contributed by atoms with Crippen molar-refractivity contribution in [2.24, 2.45) is 0 Å². The van der Waals surface area contributed by atoms with Crippen molar-refractivity contribution >= 4 is 29.3 Å². The van der Waals surface area contributed by atoms with Crippen molar-refractivity contribution < 1.29 is 9.59 Å². The third kappa shape index (κ3) is 4.58. The molecule has 0 aliphatic rings. The standard InChI is InChI=1S/C22H21N3O2S/c1-15(16-9-4-3-5-10-16)24-20(26)17-11-6-7-13-19(17)25-21(27)18-12-8-14-23-22(18)28-2/h3-15H,1-2H3,(H,24,26)(H,25,27)/t15-/m1/s1. The van der Waals surface area contributed by atoms with Crippen LogP contribution in [-0.4, -0.2) is 23.1 Å². The lowest BCUT2D eigenvalue weighted by Gasteiger charge is -2.16. The Morgan fingerprint density at radius 2 is 1.57 bits per heavy atom. The van der Waals surface area contributed by atoms with Crippen LogP contribution in [0.4, 0.5) is 5.69 Å². The van der Waals surface area contributed by atoms with Gasteiger partial charge in [0.15, 0.2) is 0 Å². The van der Waals surface area contributed by atoms with Crippen molar-refractivity contribution in [3.8, 4) is 0 Å². The van der Waals surface area contributed by atoms with Crippen molar-refractivity contribution in [3.63, 3.8) is 0 Å². The average molecular weight is 391 g/mol. The lowest BCUT2D eigenvalue weighted by Crippen LogP contribution is -2.28. The number of nitrogens with one attached hydrogen (secondary N) is 2. The number of pyridine rings is 1. The van der Waals surface area contributed by atoms with Crippen LogP contribution in [0.15, 0.2) is 78.0 Å². The summed E-state index contributed by atoms with van der Waals surface area (Å²) in [6.45, 7) is 1.93. The molecular formula is C22H21N3O2S. The molecule has 1 aromatic heterocycles. The van der Waals surface area contributed by atoms with E-state index in [0.29, 0.717) is 21.8 Å². The van der Waals surface area contributed by atoms with Gasteiger partial charge in [0.1, 0.15) is 5.03 Å². The van der Waals surface area contributed by atoms with Crippen LogP contribution in [0.5, 0.6) is 0 Å². The summed E-state index contributed by atoms with van der Waals surface area (Å²) in [7, 11) is 0. The van der Waals surface area contributed by atoms with Gasteiger partial charge < -0.3 is 10.6 Å². The maximum Gasteiger partial charge on any atom is 0.258 e. The van der Waals surface area contributed by atoms with Gasteiger partial charge in [0.2, 0.25) is 0 Å². The Morgan fingerprint density at radius 1 is 0.893 bits per heavy atom. The Labute approximate surface area is 168 Å². The van der Waals surface area contributed by atoms with Gasteiger partial charge in [-0.15, -0.1) is 11.8 Å². The number of thioether (sulfide) groups is 1. The highest BCUT2D eigenvalue weighted by Crippen LogP contribution is 2.21. The van der Waals surface area contributed by atoms with Gasteiger partial charge in [-0.2, -0.15) is 0 Å². The van der Waals surface area contributed by atoms with Crippen molar-refractivity contribution in [2.45, 2.75) is 18.0 Å². The first-order chi connectivity index (χ1) is 13.6. The molecular weight excluding hydrogens is 370 g/mol. The zero-order valence-corrected chi connectivity index (χ0v) is 16.5. The van der Waals surface area contributed by atoms with Crippen LogP contribution in [0, 0.1) is 0 Å². The highest BCUT2D eigenvalue weighted by Gasteiger charge is 2.18. The molecule has 6 heteroatoms. The van der Waals surface area contributed by atoms with E-state index in [2.05, 4.69) is 15.6 Å². The minimum Gasteiger partial charge on any atom is -0.345 e. The molecule has 0 saturated carbocycles. The van der Waals surface area contributed by atoms with E-state index in [4.69, 9.17) is 0 Å². The zero-order chi connectivity index (χ0) is 19.9. The van der Waals surface area contributed by atoms with Crippen LogP contribution in [0.25, 0.3) is 0 Å². The monoisotopic (exact) mass is 391 g/mol. The summed E-state index contributed by atoms with van der Waals surface area (Å²) in [5.41, 5.74) is 2.36.